The lowest BCUT2D eigenvalue weighted by Crippen LogP contribution is -2.26. The van der Waals surface area contributed by atoms with Gasteiger partial charge in [-0.05, 0) is 24.5 Å². The Labute approximate surface area is 160 Å². The van der Waals surface area contributed by atoms with Gasteiger partial charge in [-0.25, -0.2) is 13.1 Å². The number of hydrogen-bond donors (Lipinski definition) is 1. The van der Waals surface area contributed by atoms with E-state index < -0.39 is 10.0 Å². The lowest BCUT2D eigenvalue weighted by molar-refractivity contribution is 0.448. The van der Waals surface area contributed by atoms with Crippen molar-refractivity contribution < 1.29 is 8.42 Å². The van der Waals surface area contributed by atoms with Crippen LogP contribution in [0.4, 0.5) is 0 Å². The third kappa shape index (κ3) is 4.13. The van der Waals surface area contributed by atoms with Crippen LogP contribution in [0.15, 0.2) is 35.4 Å². The first-order valence-corrected chi connectivity index (χ1v) is 10.9. The number of benzene rings is 1. The monoisotopic (exact) mass is 395 g/mol. The number of hydrogen-bond acceptors (Lipinski definition) is 3. The summed E-state index contributed by atoms with van der Waals surface area (Å²) in [5.74, 6) is 0. The van der Waals surface area contributed by atoms with Gasteiger partial charge in [0.25, 0.3) is 0 Å². The Bertz CT molecular complexity index is 878. The van der Waals surface area contributed by atoms with Crippen molar-refractivity contribution in [3.05, 3.63) is 46.7 Å². The topological polar surface area (TPSA) is 64.0 Å². The highest BCUT2D eigenvalue weighted by molar-refractivity contribution is 7.89. The summed E-state index contributed by atoms with van der Waals surface area (Å²) in [5.41, 5.74) is 0.993. The predicted molar refractivity (Wildman–Crippen MR) is 104 cm³/mol. The van der Waals surface area contributed by atoms with E-state index in [2.05, 4.69) is 9.82 Å². The predicted octanol–water partition coefficient (Wildman–Crippen LogP) is 4.43. The molecule has 0 amide bonds. The first-order valence-electron chi connectivity index (χ1n) is 9.01. The fraction of sp³-hybridized carbons (Fsp3) is 0.526. The molecule has 5 nitrogen and oxygen atoms in total. The molecule has 0 unspecified atom stereocenters. The number of nitrogens with one attached hydrogen (secondary N) is 1. The molecule has 0 aliphatic heterocycles. The zero-order valence-electron chi connectivity index (χ0n) is 15.5. The van der Waals surface area contributed by atoms with Gasteiger partial charge in [0.15, 0.2) is 0 Å². The Kier molecular flexibility index (Phi) is 5.47. The second-order valence-electron chi connectivity index (χ2n) is 7.93. The summed E-state index contributed by atoms with van der Waals surface area (Å²) < 4.78 is 30.6. The second-order valence-corrected chi connectivity index (χ2v) is 10.1. The lowest BCUT2D eigenvalue weighted by atomic mass is 9.92. The first kappa shape index (κ1) is 19.4. The minimum absolute atomic E-state index is 0.153. The van der Waals surface area contributed by atoms with Gasteiger partial charge in [-0.3, -0.25) is 4.68 Å². The summed E-state index contributed by atoms with van der Waals surface area (Å²) in [7, 11) is -3.69. The summed E-state index contributed by atoms with van der Waals surface area (Å²) in [5, 5.41) is 5.22. The largest absolute Gasteiger partial charge is 0.268 e. The SMILES string of the molecule is CC(C)(C)c1nn(C2CCCC2)cc1S(=O)(=O)NCc1ccccc1Cl. The molecule has 0 spiro atoms. The molecule has 0 atom stereocenters. The molecule has 1 N–H and O–H groups in total. The van der Waals surface area contributed by atoms with Crippen LogP contribution in [-0.4, -0.2) is 18.2 Å². The molecular formula is C19H26ClN3O2S. The van der Waals surface area contributed by atoms with Crippen LogP contribution < -0.4 is 4.72 Å². The quantitative estimate of drug-likeness (QED) is 0.814. The highest BCUT2D eigenvalue weighted by Crippen LogP contribution is 2.33. The molecule has 26 heavy (non-hydrogen) atoms. The van der Waals surface area contributed by atoms with Crippen LogP contribution in [0.1, 0.15) is 63.8 Å². The second kappa shape index (κ2) is 7.33. The van der Waals surface area contributed by atoms with E-state index in [1.807, 2.05) is 43.7 Å². The van der Waals surface area contributed by atoms with Crippen molar-refractivity contribution >= 4 is 21.6 Å². The third-order valence-corrected chi connectivity index (χ3v) is 6.58. The van der Waals surface area contributed by atoms with Crippen molar-refractivity contribution in [1.29, 1.82) is 0 Å². The maximum absolute atomic E-state index is 13.0. The summed E-state index contributed by atoms with van der Waals surface area (Å²) in [6.45, 7) is 6.12. The molecule has 0 radical (unpaired) electrons. The van der Waals surface area contributed by atoms with E-state index in [-0.39, 0.29) is 16.9 Å². The van der Waals surface area contributed by atoms with Gasteiger partial charge in [-0.2, -0.15) is 5.10 Å². The van der Waals surface area contributed by atoms with Gasteiger partial charge in [-0.1, -0.05) is 63.4 Å². The maximum atomic E-state index is 13.0. The van der Waals surface area contributed by atoms with Crippen molar-refractivity contribution in [2.45, 2.75) is 69.4 Å². The van der Waals surface area contributed by atoms with Gasteiger partial charge < -0.3 is 0 Å². The number of rotatable bonds is 5. The van der Waals surface area contributed by atoms with Crippen molar-refractivity contribution in [2.75, 3.05) is 0 Å². The third-order valence-electron chi connectivity index (χ3n) is 4.81. The molecule has 142 valence electrons. The lowest BCUT2D eigenvalue weighted by Gasteiger charge is -2.18. The Morgan fingerprint density at radius 2 is 1.88 bits per heavy atom. The summed E-state index contributed by atoms with van der Waals surface area (Å²) in [6, 6.07) is 7.53. The zero-order valence-corrected chi connectivity index (χ0v) is 17.1. The van der Waals surface area contributed by atoms with Crippen LogP contribution in [0.2, 0.25) is 5.02 Å². The number of nitrogens with zero attached hydrogens (tertiary/aromatic N) is 2. The van der Waals surface area contributed by atoms with Crippen molar-refractivity contribution in [3.63, 3.8) is 0 Å². The molecule has 1 aliphatic rings. The van der Waals surface area contributed by atoms with Crippen molar-refractivity contribution in [1.82, 2.24) is 14.5 Å². The van der Waals surface area contributed by atoms with E-state index >= 15 is 0 Å². The first-order chi connectivity index (χ1) is 12.2. The molecule has 0 saturated heterocycles. The molecule has 1 fully saturated rings. The minimum atomic E-state index is -3.69. The van der Waals surface area contributed by atoms with Crippen LogP contribution in [0.5, 0.6) is 0 Å². The number of halogens is 1. The Morgan fingerprint density at radius 1 is 1.23 bits per heavy atom. The maximum Gasteiger partial charge on any atom is 0.244 e. The van der Waals surface area contributed by atoms with Crippen LogP contribution in [0, 0.1) is 0 Å². The zero-order chi connectivity index (χ0) is 18.9. The van der Waals surface area contributed by atoms with Crippen LogP contribution >= 0.6 is 11.6 Å². The standard InChI is InChI=1S/C19H26ClN3O2S/c1-19(2,3)18-17(13-23(22-18)15-9-5-6-10-15)26(24,25)21-12-14-8-4-7-11-16(14)20/h4,7-8,11,13,15,21H,5-6,9-10,12H2,1-3H3. The van der Waals surface area contributed by atoms with E-state index in [1.54, 1.807) is 12.3 Å². The van der Waals surface area contributed by atoms with E-state index in [4.69, 9.17) is 11.6 Å². The fourth-order valence-corrected chi connectivity index (χ4v) is 4.89. The molecular weight excluding hydrogens is 370 g/mol. The molecule has 0 bridgehead atoms. The van der Waals surface area contributed by atoms with Gasteiger partial charge >= 0.3 is 0 Å². The minimum Gasteiger partial charge on any atom is -0.268 e. The number of aromatic nitrogens is 2. The van der Waals surface area contributed by atoms with E-state index in [1.165, 1.54) is 12.8 Å². The van der Waals surface area contributed by atoms with Gasteiger partial charge in [0.05, 0.1) is 11.7 Å². The van der Waals surface area contributed by atoms with Crippen LogP contribution in [0.25, 0.3) is 0 Å². The molecule has 1 aliphatic carbocycles. The van der Waals surface area contributed by atoms with Crippen molar-refractivity contribution in [2.24, 2.45) is 0 Å². The van der Waals surface area contributed by atoms with Gasteiger partial charge in [0, 0.05) is 23.2 Å². The molecule has 1 aromatic heterocycles. The van der Waals surface area contributed by atoms with E-state index in [0.717, 1.165) is 18.4 Å². The average molecular weight is 396 g/mol. The highest BCUT2D eigenvalue weighted by atomic mass is 35.5. The smallest absolute Gasteiger partial charge is 0.244 e. The Hall–Kier alpha value is -1.37. The summed E-state index contributed by atoms with van der Waals surface area (Å²) >= 11 is 6.14. The van der Waals surface area contributed by atoms with Gasteiger partial charge in [0.1, 0.15) is 4.90 Å². The van der Waals surface area contributed by atoms with Crippen molar-refractivity contribution in [3.8, 4) is 0 Å². The fourth-order valence-electron chi connectivity index (χ4n) is 3.34. The molecule has 3 rings (SSSR count). The number of sulfonamides is 1. The van der Waals surface area contributed by atoms with E-state index in [0.29, 0.717) is 16.8 Å². The normalized spacial score (nSPS) is 16.3. The summed E-state index contributed by atoms with van der Waals surface area (Å²) in [4.78, 5) is 0.268. The van der Waals surface area contributed by atoms with Crippen LogP contribution in [-0.2, 0) is 22.0 Å². The Balaban J connectivity index is 1.91. The average Bonchev–Trinajstić information content (AvgIpc) is 3.23. The van der Waals surface area contributed by atoms with Crippen LogP contribution in [0.3, 0.4) is 0 Å². The molecule has 1 saturated carbocycles. The Morgan fingerprint density at radius 3 is 2.50 bits per heavy atom. The summed E-state index contributed by atoms with van der Waals surface area (Å²) in [6.07, 6.45) is 6.14. The highest BCUT2D eigenvalue weighted by Gasteiger charge is 2.31. The van der Waals surface area contributed by atoms with Gasteiger partial charge in [-0.15, -0.1) is 0 Å². The molecule has 1 aromatic carbocycles. The molecule has 2 aromatic rings. The van der Waals surface area contributed by atoms with Gasteiger partial charge in [0.2, 0.25) is 10.0 Å². The molecule has 7 heteroatoms. The molecule has 1 heterocycles. The van der Waals surface area contributed by atoms with E-state index in [9.17, 15) is 8.42 Å².